The highest BCUT2D eigenvalue weighted by molar-refractivity contribution is 7.80. The molecule has 0 amide bonds. The van der Waals surface area contributed by atoms with E-state index >= 15 is 0 Å². The Bertz CT molecular complexity index is 894. The van der Waals surface area contributed by atoms with Crippen LogP contribution in [0.1, 0.15) is 22.2 Å². The van der Waals surface area contributed by atoms with Crippen LogP contribution in [0, 0.1) is 0 Å². The summed E-state index contributed by atoms with van der Waals surface area (Å²) in [4.78, 5) is 15.6. The van der Waals surface area contributed by atoms with Gasteiger partial charge in [-0.3, -0.25) is 0 Å². The summed E-state index contributed by atoms with van der Waals surface area (Å²) in [5.41, 5.74) is 9.44. The van der Waals surface area contributed by atoms with Crippen molar-refractivity contribution in [3.63, 3.8) is 0 Å². The van der Waals surface area contributed by atoms with Gasteiger partial charge in [-0.1, -0.05) is 53.6 Å². The Hall–Kier alpha value is -2.55. The topological polar surface area (TPSA) is 103 Å². The molecule has 2 heterocycles. The molecule has 150 valence electrons. The number of carbonyl (C=O) groups excluding carboxylic acids is 1. The summed E-state index contributed by atoms with van der Waals surface area (Å²) >= 11 is 4.38. The lowest BCUT2D eigenvalue weighted by Gasteiger charge is -2.47. The number of nitrogens with zero attached hydrogens (tertiary/aromatic N) is 3. The lowest BCUT2D eigenvalue weighted by atomic mass is 9.97. The lowest BCUT2D eigenvalue weighted by Crippen LogP contribution is -2.61. The monoisotopic (exact) mass is 413 g/mol. The van der Waals surface area contributed by atoms with E-state index < -0.39 is 42.0 Å². The molecule has 4 unspecified atom stereocenters. The second-order valence-electron chi connectivity index (χ2n) is 6.67. The van der Waals surface area contributed by atoms with Gasteiger partial charge in [-0.05, 0) is 17.7 Å². The smallest absolute Gasteiger partial charge is 0.338 e. The highest BCUT2D eigenvalue weighted by Gasteiger charge is 2.50. The predicted molar refractivity (Wildman–Crippen MR) is 106 cm³/mol. The summed E-state index contributed by atoms with van der Waals surface area (Å²) < 4.78 is 23.5. The zero-order valence-electron chi connectivity index (χ0n) is 15.3. The van der Waals surface area contributed by atoms with E-state index in [1.54, 1.807) is 30.3 Å². The summed E-state index contributed by atoms with van der Waals surface area (Å²) in [6.07, 6.45) is -2.73. The third kappa shape index (κ3) is 4.24. The Labute approximate surface area is 172 Å². The highest BCUT2D eigenvalue weighted by Crippen LogP contribution is 2.37. The van der Waals surface area contributed by atoms with E-state index in [2.05, 4.69) is 22.7 Å². The Morgan fingerprint density at radius 1 is 1.10 bits per heavy atom. The fourth-order valence-corrected chi connectivity index (χ4v) is 3.82. The van der Waals surface area contributed by atoms with Crippen molar-refractivity contribution in [1.29, 1.82) is 0 Å². The van der Waals surface area contributed by atoms with Crippen LogP contribution in [0.4, 0.5) is 0 Å². The molecule has 4 rings (SSSR count). The van der Waals surface area contributed by atoms with Crippen LogP contribution in [-0.2, 0) is 18.9 Å². The van der Waals surface area contributed by atoms with Crippen LogP contribution in [0.2, 0.25) is 0 Å². The van der Waals surface area contributed by atoms with Crippen molar-refractivity contribution >= 4 is 18.6 Å². The first-order chi connectivity index (χ1) is 14.2. The number of hydrogen-bond donors (Lipinski definition) is 1. The molecule has 0 radical (unpaired) electrons. The standard InChI is InChI=1S/C20H19N3O5S/c21-23-22-15-17(27-18(24)12-7-3-1-4-8-12)16-14(26-20(15)29)11-25-19(28-16)13-9-5-2-6-10-13/h1-10,14-17,19-20,29H,11H2/t14?,15?,16-,17?,19?,20+/m1/s1. The minimum Gasteiger partial charge on any atom is -0.455 e. The van der Waals surface area contributed by atoms with Crippen LogP contribution >= 0.6 is 12.6 Å². The highest BCUT2D eigenvalue weighted by atomic mass is 32.1. The van der Waals surface area contributed by atoms with Crippen LogP contribution in [0.15, 0.2) is 65.8 Å². The van der Waals surface area contributed by atoms with Gasteiger partial charge in [0, 0.05) is 10.5 Å². The fourth-order valence-electron chi connectivity index (χ4n) is 3.44. The van der Waals surface area contributed by atoms with Gasteiger partial charge in [0.1, 0.15) is 29.8 Å². The first-order valence-electron chi connectivity index (χ1n) is 9.13. The van der Waals surface area contributed by atoms with E-state index in [1.807, 2.05) is 30.3 Å². The van der Waals surface area contributed by atoms with Crippen LogP contribution < -0.4 is 0 Å². The molecule has 2 aliphatic rings. The van der Waals surface area contributed by atoms with Gasteiger partial charge in [0.25, 0.3) is 0 Å². The molecule has 29 heavy (non-hydrogen) atoms. The van der Waals surface area contributed by atoms with E-state index in [0.29, 0.717) is 5.56 Å². The Kier molecular flexibility index (Phi) is 6.03. The zero-order valence-corrected chi connectivity index (χ0v) is 16.2. The molecule has 8 nitrogen and oxygen atoms in total. The summed E-state index contributed by atoms with van der Waals surface area (Å²) in [5, 5.41) is 3.76. The number of rotatable bonds is 4. The predicted octanol–water partition coefficient (Wildman–Crippen LogP) is 3.66. The molecular formula is C20H19N3O5S. The zero-order chi connectivity index (χ0) is 20.2. The van der Waals surface area contributed by atoms with E-state index in [9.17, 15) is 4.79 Å². The first kappa shape index (κ1) is 19.8. The summed E-state index contributed by atoms with van der Waals surface area (Å²) in [6, 6.07) is 17.2. The third-order valence-electron chi connectivity index (χ3n) is 4.84. The summed E-state index contributed by atoms with van der Waals surface area (Å²) in [5.74, 6) is -0.540. The largest absolute Gasteiger partial charge is 0.455 e. The maximum Gasteiger partial charge on any atom is 0.338 e. The average molecular weight is 413 g/mol. The van der Waals surface area contributed by atoms with Crippen molar-refractivity contribution in [3.05, 3.63) is 82.2 Å². The minimum absolute atomic E-state index is 0.226. The minimum atomic E-state index is -0.880. The van der Waals surface area contributed by atoms with Gasteiger partial charge in [-0.15, -0.1) is 12.6 Å². The van der Waals surface area contributed by atoms with Gasteiger partial charge in [0.05, 0.1) is 12.2 Å². The average Bonchev–Trinajstić information content (AvgIpc) is 2.77. The second-order valence-corrected chi connectivity index (χ2v) is 7.18. The summed E-state index contributed by atoms with van der Waals surface area (Å²) in [7, 11) is 0. The van der Waals surface area contributed by atoms with Gasteiger partial charge < -0.3 is 18.9 Å². The van der Waals surface area contributed by atoms with Crippen LogP contribution in [0.5, 0.6) is 0 Å². The van der Waals surface area contributed by atoms with E-state index in [1.165, 1.54) is 0 Å². The molecule has 6 atom stereocenters. The van der Waals surface area contributed by atoms with Crippen molar-refractivity contribution in [2.75, 3.05) is 6.61 Å². The molecule has 0 N–H and O–H groups in total. The molecule has 0 spiro atoms. The van der Waals surface area contributed by atoms with Gasteiger partial charge in [0.2, 0.25) is 0 Å². The summed E-state index contributed by atoms with van der Waals surface area (Å²) in [6.45, 7) is 0.226. The Morgan fingerprint density at radius 2 is 1.79 bits per heavy atom. The van der Waals surface area contributed by atoms with Gasteiger partial charge in [-0.2, -0.15) is 0 Å². The fraction of sp³-hybridized carbons (Fsp3) is 0.350. The van der Waals surface area contributed by atoms with Crippen molar-refractivity contribution in [3.8, 4) is 0 Å². The van der Waals surface area contributed by atoms with Crippen molar-refractivity contribution in [2.45, 2.75) is 36.1 Å². The lowest BCUT2D eigenvalue weighted by molar-refractivity contribution is -0.304. The number of azide groups is 1. The maximum absolute atomic E-state index is 12.7. The molecule has 0 aromatic heterocycles. The number of hydrogen-bond acceptors (Lipinski definition) is 7. The molecule has 0 bridgehead atoms. The number of ether oxygens (including phenoxy) is 4. The van der Waals surface area contributed by atoms with Gasteiger partial charge in [0.15, 0.2) is 6.29 Å². The van der Waals surface area contributed by atoms with Gasteiger partial charge >= 0.3 is 5.97 Å². The number of fused-ring (bicyclic) bond motifs is 1. The number of carbonyl (C=O) groups is 1. The van der Waals surface area contributed by atoms with E-state index in [4.69, 9.17) is 24.5 Å². The van der Waals surface area contributed by atoms with E-state index in [0.717, 1.165) is 5.56 Å². The molecule has 0 aliphatic carbocycles. The normalized spacial score (nSPS) is 31.2. The third-order valence-corrected chi connectivity index (χ3v) is 5.26. The molecular weight excluding hydrogens is 394 g/mol. The van der Waals surface area contributed by atoms with Crippen molar-refractivity contribution in [2.24, 2.45) is 5.11 Å². The van der Waals surface area contributed by atoms with Crippen molar-refractivity contribution in [1.82, 2.24) is 0 Å². The quantitative estimate of drug-likeness (QED) is 0.271. The number of esters is 1. The molecule has 2 fully saturated rings. The SMILES string of the molecule is [N-]=[N+]=NC1C(OC(=O)c2ccccc2)[C@@H]2OC(c3ccccc3)OCC2O[C@H]1S. The number of benzene rings is 2. The van der Waals surface area contributed by atoms with Crippen LogP contribution in [0.3, 0.4) is 0 Å². The maximum atomic E-state index is 12.7. The van der Waals surface area contributed by atoms with Crippen molar-refractivity contribution < 1.29 is 23.7 Å². The molecule has 2 aromatic carbocycles. The Morgan fingerprint density at radius 3 is 2.48 bits per heavy atom. The van der Waals surface area contributed by atoms with E-state index in [-0.39, 0.29) is 6.61 Å². The molecule has 2 aromatic rings. The van der Waals surface area contributed by atoms with Gasteiger partial charge in [-0.25, -0.2) is 4.79 Å². The molecule has 9 heteroatoms. The number of thiol groups is 1. The molecule has 2 aliphatic heterocycles. The second kappa shape index (κ2) is 8.86. The van der Waals surface area contributed by atoms with Crippen LogP contribution in [-0.4, -0.2) is 42.4 Å². The first-order valence-corrected chi connectivity index (χ1v) is 9.65. The molecule has 2 saturated heterocycles. The Balaban J connectivity index is 1.61. The molecule has 0 saturated carbocycles. The van der Waals surface area contributed by atoms with Crippen LogP contribution in [0.25, 0.3) is 10.4 Å².